The highest BCUT2D eigenvalue weighted by Gasteiger charge is 2.20. The van der Waals surface area contributed by atoms with E-state index in [2.05, 4.69) is 23.4 Å². The lowest BCUT2D eigenvalue weighted by Gasteiger charge is -2.13. The standard InChI is InChI=1S/C19H17N3O3/c1-3-11-25-19(24)14(4-2)13-9-10-18(23)17(12-13)22-20-15-7-5-6-8-16(15)21-22/h3-10,12,14,23H,1-2,11H2. The number of fused-ring (bicyclic) bond motifs is 1. The number of carbonyl (C=O) groups excluding carboxylic acids is 1. The van der Waals surface area contributed by atoms with E-state index in [1.807, 2.05) is 24.3 Å². The van der Waals surface area contributed by atoms with Gasteiger partial charge < -0.3 is 9.84 Å². The fourth-order valence-electron chi connectivity index (χ4n) is 2.46. The number of benzene rings is 2. The van der Waals surface area contributed by atoms with E-state index in [4.69, 9.17) is 4.74 Å². The monoisotopic (exact) mass is 335 g/mol. The van der Waals surface area contributed by atoms with Gasteiger partial charge in [-0.2, -0.15) is 0 Å². The Morgan fingerprint density at radius 2 is 1.88 bits per heavy atom. The molecule has 6 heteroatoms. The van der Waals surface area contributed by atoms with Gasteiger partial charge in [0.2, 0.25) is 0 Å². The predicted octanol–water partition coefficient (Wildman–Crippen LogP) is 3.12. The van der Waals surface area contributed by atoms with Gasteiger partial charge in [0.1, 0.15) is 29.1 Å². The second-order valence-corrected chi connectivity index (χ2v) is 5.36. The van der Waals surface area contributed by atoms with Crippen molar-refractivity contribution in [1.82, 2.24) is 15.0 Å². The van der Waals surface area contributed by atoms with Crippen LogP contribution in [0.5, 0.6) is 5.75 Å². The molecule has 0 bridgehead atoms. The summed E-state index contributed by atoms with van der Waals surface area (Å²) in [6.45, 7) is 7.34. The Morgan fingerprint density at radius 1 is 1.20 bits per heavy atom. The van der Waals surface area contributed by atoms with Crippen molar-refractivity contribution in [1.29, 1.82) is 0 Å². The molecule has 0 saturated carbocycles. The molecule has 1 unspecified atom stereocenters. The highest BCUT2D eigenvalue weighted by Crippen LogP contribution is 2.28. The number of phenolic OH excluding ortho intramolecular Hbond substituents is 1. The quantitative estimate of drug-likeness (QED) is 0.553. The molecule has 1 N–H and O–H groups in total. The summed E-state index contributed by atoms with van der Waals surface area (Å²) in [5.74, 6) is -1.10. The van der Waals surface area contributed by atoms with E-state index in [1.54, 1.807) is 12.1 Å². The zero-order valence-corrected chi connectivity index (χ0v) is 13.5. The van der Waals surface area contributed by atoms with Crippen molar-refractivity contribution in [3.05, 3.63) is 73.3 Å². The minimum atomic E-state index is -0.663. The molecule has 3 aromatic rings. The molecule has 2 aromatic carbocycles. The molecule has 0 aliphatic heterocycles. The summed E-state index contributed by atoms with van der Waals surface area (Å²) in [5.41, 5.74) is 2.41. The SMILES string of the molecule is C=CCOC(=O)C(C=C)c1ccc(O)c(-n2nc3ccccc3n2)c1. The van der Waals surface area contributed by atoms with Crippen LogP contribution in [0.3, 0.4) is 0 Å². The molecule has 1 aromatic heterocycles. The molecule has 0 aliphatic rings. The third-order valence-corrected chi connectivity index (χ3v) is 3.69. The number of aromatic nitrogens is 3. The lowest BCUT2D eigenvalue weighted by Crippen LogP contribution is -2.14. The smallest absolute Gasteiger partial charge is 0.317 e. The van der Waals surface area contributed by atoms with Gasteiger partial charge in [0.05, 0.1) is 5.92 Å². The first kappa shape index (κ1) is 16.4. The first-order valence-electron chi connectivity index (χ1n) is 7.69. The van der Waals surface area contributed by atoms with Crippen molar-refractivity contribution in [2.24, 2.45) is 0 Å². The Morgan fingerprint density at radius 3 is 2.48 bits per heavy atom. The number of phenols is 1. The maximum atomic E-state index is 12.2. The van der Waals surface area contributed by atoms with Crippen LogP contribution in [0.4, 0.5) is 0 Å². The van der Waals surface area contributed by atoms with Crippen LogP contribution in [-0.4, -0.2) is 32.7 Å². The number of ether oxygens (including phenoxy) is 1. The molecule has 3 rings (SSSR count). The number of nitrogens with zero attached hydrogens (tertiary/aromatic N) is 3. The number of hydrogen-bond donors (Lipinski definition) is 1. The predicted molar refractivity (Wildman–Crippen MR) is 94.6 cm³/mol. The molecule has 0 amide bonds. The zero-order valence-electron chi connectivity index (χ0n) is 13.5. The summed E-state index contributed by atoms with van der Waals surface area (Å²) in [6, 6.07) is 12.2. The fraction of sp³-hybridized carbons (Fsp3) is 0.105. The second-order valence-electron chi connectivity index (χ2n) is 5.36. The van der Waals surface area contributed by atoms with E-state index in [1.165, 1.54) is 23.0 Å². The Hall–Kier alpha value is -3.41. The normalized spacial score (nSPS) is 11.8. The maximum absolute atomic E-state index is 12.2. The zero-order chi connectivity index (χ0) is 17.8. The number of esters is 1. The van der Waals surface area contributed by atoms with E-state index in [-0.39, 0.29) is 12.4 Å². The molecular weight excluding hydrogens is 318 g/mol. The van der Waals surface area contributed by atoms with Crippen LogP contribution in [0.15, 0.2) is 67.8 Å². The van der Waals surface area contributed by atoms with Crippen LogP contribution >= 0.6 is 0 Å². The number of carbonyl (C=O) groups is 1. The molecule has 1 atom stereocenters. The lowest BCUT2D eigenvalue weighted by molar-refractivity contribution is -0.142. The number of rotatable bonds is 6. The molecule has 126 valence electrons. The van der Waals surface area contributed by atoms with E-state index < -0.39 is 11.9 Å². The minimum absolute atomic E-state index is 0.00586. The van der Waals surface area contributed by atoms with Gasteiger partial charge in [0.25, 0.3) is 0 Å². The molecule has 1 heterocycles. The molecule has 0 spiro atoms. The van der Waals surface area contributed by atoms with Crippen LogP contribution in [-0.2, 0) is 9.53 Å². The van der Waals surface area contributed by atoms with E-state index >= 15 is 0 Å². The third-order valence-electron chi connectivity index (χ3n) is 3.69. The van der Waals surface area contributed by atoms with Gasteiger partial charge in [-0.3, -0.25) is 4.79 Å². The molecule has 0 aliphatic carbocycles. The largest absolute Gasteiger partial charge is 0.506 e. The van der Waals surface area contributed by atoms with Crippen molar-refractivity contribution in [3.63, 3.8) is 0 Å². The first-order chi connectivity index (χ1) is 12.1. The van der Waals surface area contributed by atoms with Gasteiger partial charge in [0.15, 0.2) is 0 Å². The van der Waals surface area contributed by atoms with Gasteiger partial charge >= 0.3 is 5.97 Å². The molecule has 0 saturated heterocycles. The molecule has 0 fully saturated rings. The third kappa shape index (κ3) is 3.28. The highest BCUT2D eigenvalue weighted by molar-refractivity contribution is 5.81. The van der Waals surface area contributed by atoms with Crippen molar-refractivity contribution >= 4 is 17.0 Å². The number of aromatic hydroxyl groups is 1. The average molecular weight is 335 g/mol. The van der Waals surface area contributed by atoms with Crippen LogP contribution in [0.25, 0.3) is 16.7 Å². The molecule has 6 nitrogen and oxygen atoms in total. The van der Waals surface area contributed by atoms with Gasteiger partial charge in [-0.1, -0.05) is 36.9 Å². The van der Waals surface area contributed by atoms with Crippen molar-refractivity contribution in [2.45, 2.75) is 5.92 Å². The first-order valence-corrected chi connectivity index (χ1v) is 7.69. The Labute approximate surface area is 144 Å². The van der Waals surface area contributed by atoms with Crippen molar-refractivity contribution in [3.8, 4) is 11.4 Å². The Kier molecular flexibility index (Phi) is 4.61. The van der Waals surface area contributed by atoms with Crippen LogP contribution in [0, 0.1) is 0 Å². The van der Waals surface area contributed by atoms with E-state index in [0.29, 0.717) is 22.3 Å². The topological polar surface area (TPSA) is 77.2 Å². The van der Waals surface area contributed by atoms with E-state index in [0.717, 1.165) is 0 Å². The summed E-state index contributed by atoms with van der Waals surface area (Å²) in [4.78, 5) is 13.5. The Balaban J connectivity index is 2.01. The summed E-state index contributed by atoms with van der Waals surface area (Å²) in [6.07, 6.45) is 2.99. The molecule has 25 heavy (non-hydrogen) atoms. The minimum Gasteiger partial charge on any atom is -0.506 e. The van der Waals surface area contributed by atoms with Crippen LogP contribution < -0.4 is 0 Å². The van der Waals surface area contributed by atoms with Gasteiger partial charge in [-0.15, -0.1) is 21.6 Å². The van der Waals surface area contributed by atoms with Crippen molar-refractivity contribution in [2.75, 3.05) is 6.61 Å². The highest BCUT2D eigenvalue weighted by atomic mass is 16.5. The van der Waals surface area contributed by atoms with E-state index in [9.17, 15) is 9.90 Å². The van der Waals surface area contributed by atoms with Crippen LogP contribution in [0.2, 0.25) is 0 Å². The van der Waals surface area contributed by atoms with Gasteiger partial charge in [0, 0.05) is 0 Å². The van der Waals surface area contributed by atoms with Crippen molar-refractivity contribution < 1.29 is 14.6 Å². The maximum Gasteiger partial charge on any atom is 0.317 e. The molecule has 0 radical (unpaired) electrons. The summed E-state index contributed by atoms with van der Waals surface area (Å²) in [5, 5.41) is 18.9. The van der Waals surface area contributed by atoms with Gasteiger partial charge in [-0.25, -0.2) is 0 Å². The summed E-state index contributed by atoms with van der Waals surface area (Å²) in [7, 11) is 0. The van der Waals surface area contributed by atoms with Crippen LogP contribution in [0.1, 0.15) is 11.5 Å². The number of hydrogen-bond acceptors (Lipinski definition) is 5. The lowest BCUT2D eigenvalue weighted by atomic mass is 9.98. The summed E-state index contributed by atoms with van der Waals surface area (Å²) >= 11 is 0. The average Bonchev–Trinajstić information content (AvgIpc) is 3.05. The summed E-state index contributed by atoms with van der Waals surface area (Å²) < 4.78 is 5.09. The molecular formula is C19H17N3O3. The Bertz CT molecular complexity index is 913. The van der Waals surface area contributed by atoms with Gasteiger partial charge in [-0.05, 0) is 29.8 Å². The fourth-order valence-corrected chi connectivity index (χ4v) is 2.46. The second kappa shape index (κ2) is 7.00.